The fourth-order valence-electron chi connectivity index (χ4n) is 1.20. The summed E-state index contributed by atoms with van der Waals surface area (Å²) in [6, 6.07) is 9.85. The minimum atomic E-state index is -0.125. The van der Waals surface area contributed by atoms with Crippen LogP contribution in [0.2, 0.25) is 0 Å². The minimum Gasteiger partial charge on any atom is -0.429 e. The molecule has 0 unspecified atom stereocenters. The van der Waals surface area contributed by atoms with Crippen molar-refractivity contribution in [3.8, 4) is 11.4 Å². The van der Waals surface area contributed by atoms with Gasteiger partial charge in [0.1, 0.15) is 0 Å². The third-order valence-electron chi connectivity index (χ3n) is 2.05. The van der Waals surface area contributed by atoms with Crippen LogP contribution in [0.25, 0.3) is 11.4 Å². The fourth-order valence-corrected chi connectivity index (χ4v) is 1.20. The molecule has 18 heavy (non-hydrogen) atoms. The van der Waals surface area contributed by atoms with Crippen molar-refractivity contribution in [3.63, 3.8) is 0 Å². The quantitative estimate of drug-likeness (QED) is 0.721. The lowest BCUT2D eigenvalue weighted by molar-refractivity contribution is 0.306. The zero-order valence-electron chi connectivity index (χ0n) is 10.6. The zero-order valence-corrected chi connectivity index (χ0v) is 10.6. The van der Waals surface area contributed by atoms with Gasteiger partial charge in [-0.1, -0.05) is 30.3 Å². The molecule has 0 aliphatic heterocycles. The molecule has 7 heteroatoms. The predicted octanol–water partition coefficient (Wildman–Crippen LogP) is 0.600. The van der Waals surface area contributed by atoms with Gasteiger partial charge in [-0.25, -0.2) is 0 Å². The Balaban J connectivity index is 0.000000492. The summed E-state index contributed by atoms with van der Waals surface area (Å²) in [5.74, 6) is 0.672. The van der Waals surface area contributed by atoms with Crippen LogP contribution in [0.3, 0.4) is 0 Å². The van der Waals surface area contributed by atoms with Gasteiger partial charge in [0, 0.05) is 5.56 Å². The first-order valence-corrected chi connectivity index (χ1v) is 5.45. The fraction of sp³-hybridized carbons (Fsp3) is 0.364. The molecule has 0 bridgehead atoms. The van der Waals surface area contributed by atoms with Crippen LogP contribution >= 0.6 is 0 Å². The number of tetrazole rings is 1. The Morgan fingerprint density at radius 2 is 1.67 bits per heavy atom. The van der Waals surface area contributed by atoms with Gasteiger partial charge in [-0.05, 0) is 26.0 Å². The molecule has 0 saturated carbocycles. The van der Waals surface area contributed by atoms with E-state index in [2.05, 4.69) is 15.4 Å². The molecule has 1 aromatic heterocycles. The van der Waals surface area contributed by atoms with Gasteiger partial charge < -0.3 is 10.0 Å². The molecule has 1 radical (unpaired) electrons. The number of rotatable bonds is 1. The SMILES string of the molecule is CC(C)(C)n1nnc(-c2ccccc2)n1.O[B]O. The maximum absolute atomic E-state index is 7.00. The lowest BCUT2D eigenvalue weighted by atomic mass is 10.1. The number of hydrogen-bond acceptors (Lipinski definition) is 5. The van der Waals surface area contributed by atoms with Crippen molar-refractivity contribution in [2.75, 3.05) is 0 Å². The van der Waals surface area contributed by atoms with Gasteiger partial charge in [-0.3, -0.25) is 0 Å². The van der Waals surface area contributed by atoms with Crippen LogP contribution in [0.5, 0.6) is 0 Å². The highest BCUT2D eigenvalue weighted by Crippen LogP contribution is 2.15. The Morgan fingerprint density at radius 1 is 1.11 bits per heavy atom. The summed E-state index contributed by atoms with van der Waals surface area (Å²) in [6.07, 6.45) is 0. The lowest BCUT2D eigenvalue weighted by Crippen LogP contribution is -2.24. The summed E-state index contributed by atoms with van der Waals surface area (Å²) in [5, 5.41) is 26.4. The monoisotopic (exact) mass is 247 g/mol. The molecule has 0 amide bonds. The van der Waals surface area contributed by atoms with Gasteiger partial charge in [0.25, 0.3) is 0 Å². The topological polar surface area (TPSA) is 84.1 Å². The first-order valence-electron chi connectivity index (χ1n) is 5.45. The number of benzene rings is 1. The van der Waals surface area contributed by atoms with Crippen LogP contribution in [-0.2, 0) is 5.54 Å². The van der Waals surface area contributed by atoms with E-state index in [0.717, 1.165) is 5.56 Å². The number of nitrogens with zero attached hydrogens (tertiary/aromatic N) is 4. The van der Waals surface area contributed by atoms with Gasteiger partial charge in [0.05, 0.1) is 5.54 Å². The molecule has 2 rings (SSSR count). The molecule has 0 atom stereocenters. The maximum Gasteiger partial charge on any atom is 0.482 e. The standard InChI is InChI=1S/C11H14N4.BH2O2/c1-11(2,3)15-13-10(12-14-15)9-7-5-4-6-8-9;2-1-3/h4-8H,1-3H3;2-3H. The van der Waals surface area contributed by atoms with E-state index in [4.69, 9.17) is 10.0 Å². The van der Waals surface area contributed by atoms with E-state index in [1.165, 1.54) is 0 Å². The van der Waals surface area contributed by atoms with E-state index in [-0.39, 0.29) is 13.2 Å². The second-order valence-electron chi connectivity index (χ2n) is 4.55. The third kappa shape index (κ3) is 3.94. The summed E-state index contributed by atoms with van der Waals surface area (Å²) in [6.45, 7) is 6.14. The average molecular weight is 247 g/mol. The van der Waals surface area contributed by atoms with Gasteiger partial charge in [-0.2, -0.15) is 4.80 Å². The molecular formula is C11H16BN4O2. The molecule has 2 aromatic rings. The van der Waals surface area contributed by atoms with E-state index < -0.39 is 0 Å². The van der Waals surface area contributed by atoms with Crippen LogP contribution in [0.1, 0.15) is 20.8 Å². The molecule has 0 fully saturated rings. The van der Waals surface area contributed by atoms with Crippen molar-refractivity contribution in [3.05, 3.63) is 30.3 Å². The Labute approximate surface area is 107 Å². The van der Waals surface area contributed by atoms with E-state index in [9.17, 15) is 0 Å². The highest BCUT2D eigenvalue weighted by Gasteiger charge is 2.17. The Kier molecular flexibility index (Phi) is 5.00. The van der Waals surface area contributed by atoms with Crippen molar-refractivity contribution < 1.29 is 10.0 Å². The molecule has 0 aliphatic rings. The molecular weight excluding hydrogens is 231 g/mol. The lowest BCUT2D eigenvalue weighted by Gasteiger charge is -2.15. The van der Waals surface area contributed by atoms with Gasteiger partial charge in [0.2, 0.25) is 5.82 Å². The summed E-state index contributed by atoms with van der Waals surface area (Å²) in [4.78, 5) is 1.63. The second kappa shape index (κ2) is 6.27. The molecule has 0 saturated heterocycles. The van der Waals surface area contributed by atoms with Crippen molar-refractivity contribution in [2.24, 2.45) is 0 Å². The largest absolute Gasteiger partial charge is 0.482 e. The van der Waals surface area contributed by atoms with E-state index >= 15 is 0 Å². The molecule has 95 valence electrons. The van der Waals surface area contributed by atoms with E-state index in [1.54, 1.807) is 4.80 Å². The van der Waals surface area contributed by atoms with Crippen molar-refractivity contribution in [2.45, 2.75) is 26.3 Å². The van der Waals surface area contributed by atoms with Gasteiger partial charge >= 0.3 is 7.69 Å². The Morgan fingerprint density at radius 3 is 2.11 bits per heavy atom. The van der Waals surface area contributed by atoms with Crippen LogP contribution < -0.4 is 0 Å². The predicted molar refractivity (Wildman–Crippen MR) is 68.4 cm³/mol. The van der Waals surface area contributed by atoms with E-state index in [1.807, 2.05) is 51.1 Å². The molecule has 0 spiro atoms. The zero-order chi connectivity index (χ0) is 13.6. The normalized spacial score (nSPS) is 10.5. The van der Waals surface area contributed by atoms with Crippen LogP contribution in [-0.4, -0.2) is 37.9 Å². The minimum absolute atomic E-state index is 0. The van der Waals surface area contributed by atoms with Crippen molar-refractivity contribution >= 4 is 7.69 Å². The van der Waals surface area contributed by atoms with Gasteiger partial charge in [0.15, 0.2) is 0 Å². The third-order valence-corrected chi connectivity index (χ3v) is 2.05. The Bertz CT molecular complexity index is 467. The molecule has 2 N–H and O–H groups in total. The van der Waals surface area contributed by atoms with Crippen LogP contribution in [0, 0.1) is 0 Å². The Hall–Kier alpha value is -1.73. The summed E-state index contributed by atoms with van der Waals surface area (Å²) in [7, 11) is 0. The number of aromatic nitrogens is 4. The maximum atomic E-state index is 7.00. The molecule has 0 aliphatic carbocycles. The average Bonchev–Trinajstić information content (AvgIpc) is 2.80. The van der Waals surface area contributed by atoms with Gasteiger partial charge in [-0.15, -0.1) is 10.2 Å². The van der Waals surface area contributed by atoms with E-state index in [0.29, 0.717) is 5.82 Å². The molecule has 1 aromatic carbocycles. The summed E-state index contributed by atoms with van der Waals surface area (Å²) < 4.78 is 0. The van der Waals surface area contributed by atoms with Crippen molar-refractivity contribution in [1.29, 1.82) is 0 Å². The first-order chi connectivity index (χ1) is 8.49. The molecule has 1 heterocycles. The molecule has 6 nitrogen and oxygen atoms in total. The summed E-state index contributed by atoms with van der Waals surface area (Å²) in [5.41, 5.74) is 0.869. The van der Waals surface area contributed by atoms with Crippen LogP contribution in [0.15, 0.2) is 30.3 Å². The second-order valence-corrected chi connectivity index (χ2v) is 4.55. The summed E-state index contributed by atoms with van der Waals surface area (Å²) >= 11 is 0. The smallest absolute Gasteiger partial charge is 0.429 e. The van der Waals surface area contributed by atoms with Crippen molar-refractivity contribution in [1.82, 2.24) is 20.2 Å². The highest BCUT2D eigenvalue weighted by atomic mass is 16.4. The number of hydrogen-bond donors (Lipinski definition) is 2. The highest BCUT2D eigenvalue weighted by molar-refractivity contribution is 6.13. The van der Waals surface area contributed by atoms with Crippen LogP contribution in [0.4, 0.5) is 0 Å². The first kappa shape index (κ1) is 14.3.